The van der Waals surface area contributed by atoms with Crippen LogP contribution in [0.1, 0.15) is 26.7 Å². The van der Waals surface area contributed by atoms with Crippen LogP contribution < -0.4 is 10.6 Å². The summed E-state index contributed by atoms with van der Waals surface area (Å²) in [5.41, 5.74) is 0.318. The smallest absolute Gasteiger partial charge is 0.326 e. The van der Waals surface area contributed by atoms with Crippen molar-refractivity contribution in [1.82, 2.24) is 10.6 Å². The van der Waals surface area contributed by atoms with Crippen molar-refractivity contribution < 1.29 is 14.7 Å². The Morgan fingerprint density at radius 2 is 2.11 bits per heavy atom. The summed E-state index contributed by atoms with van der Waals surface area (Å²) in [7, 11) is 0. The fourth-order valence-corrected chi connectivity index (χ4v) is 2.31. The number of rotatable bonds is 7. The topological polar surface area (TPSA) is 78.4 Å². The number of thioether (sulfide) groups is 1. The molecule has 0 bridgehead atoms. The normalized spacial score (nSPS) is 22.1. The average molecular weight is 274 g/mol. The number of urea groups is 1. The Kier molecular flexibility index (Phi) is 5.31. The minimum Gasteiger partial charge on any atom is -0.480 e. The van der Waals surface area contributed by atoms with Gasteiger partial charge in [-0.15, -0.1) is 0 Å². The van der Waals surface area contributed by atoms with E-state index in [4.69, 9.17) is 5.11 Å². The van der Waals surface area contributed by atoms with Crippen LogP contribution in [0.2, 0.25) is 0 Å². The Hall–Kier alpha value is -0.910. The highest BCUT2D eigenvalue weighted by Gasteiger charge is 2.45. The van der Waals surface area contributed by atoms with Crippen molar-refractivity contribution in [3.8, 4) is 0 Å². The van der Waals surface area contributed by atoms with Crippen molar-refractivity contribution in [2.45, 2.75) is 32.7 Å². The van der Waals surface area contributed by atoms with E-state index >= 15 is 0 Å². The lowest BCUT2D eigenvalue weighted by Crippen LogP contribution is -2.46. The molecule has 0 saturated heterocycles. The first kappa shape index (κ1) is 15.1. The van der Waals surface area contributed by atoms with E-state index < -0.39 is 12.0 Å². The lowest BCUT2D eigenvalue weighted by Gasteiger charge is -2.14. The second-order valence-corrected chi connectivity index (χ2v) is 6.40. The molecule has 1 saturated carbocycles. The lowest BCUT2D eigenvalue weighted by molar-refractivity contribution is -0.139. The molecule has 1 unspecified atom stereocenters. The van der Waals surface area contributed by atoms with Gasteiger partial charge in [0.2, 0.25) is 0 Å². The predicted octanol–water partition coefficient (Wildman–Crippen LogP) is 1.54. The van der Waals surface area contributed by atoms with Crippen molar-refractivity contribution in [1.29, 1.82) is 0 Å². The number of hydrogen-bond acceptors (Lipinski definition) is 3. The van der Waals surface area contributed by atoms with Crippen molar-refractivity contribution >= 4 is 23.8 Å². The summed E-state index contributed by atoms with van der Waals surface area (Å²) in [6, 6.07) is -1.18. The van der Waals surface area contributed by atoms with Gasteiger partial charge in [-0.25, -0.2) is 9.59 Å². The summed E-state index contributed by atoms with van der Waals surface area (Å²) < 4.78 is 0. The minimum absolute atomic E-state index is 0.318. The van der Waals surface area contributed by atoms with Crippen LogP contribution in [-0.2, 0) is 4.79 Å². The van der Waals surface area contributed by atoms with Crippen LogP contribution in [0, 0.1) is 11.3 Å². The number of carboxylic acids is 1. The fourth-order valence-electron chi connectivity index (χ4n) is 1.84. The van der Waals surface area contributed by atoms with E-state index in [0.717, 1.165) is 6.42 Å². The molecule has 3 N–H and O–H groups in total. The molecule has 1 fully saturated rings. The molecule has 0 aromatic carbocycles. The van der Waals surface area contributed by atoms with Crippen molar-refractivity contribution in [3.05, 3.63) is 0 Å². The number of carbonyl (C=O) groups excluding carboxylic acids is 1. The summed E-state index contributed by atoms with van der Waals surface area (Å²) in [4.78, 5) is 22.5. The summed E-state index contributed by atoms with van der Waals surface area (Å²) >= 11 is 1.57. The van der Waals surface area contributed by atoms with Gasteiger partial charge in [0.25, 0.3) is 0 Å². The molecule has 104 valence electrons. The van der Waals surface area contributed by atoms with Crippen molar-refractivity contribution in [2.24, 2.45) is 11.3 Å². The van der Waals surface area contributed by atoms with E-state index in [-0.39, 0.29) is 6.03 Å². The van der Waals surface area contributed by atoms with Crippen LogP contribution in [0.15, 0.2) is 0 Å². The van der Waals surface area contributed by atoms with Gasteiger partial charge in [-0.1, -0.05) is 13.8 Å². The Morgan fingerprint density at radius 1 is 1.50 bits per heavy atom. The maximum absolute atomic E-state index is 11.6. The molecule has 1 aliphatic rings. The van der Waals surface area contributed by atoms with Gasteiger partial charge in [-0.2, -0.15) is 11.8 Å². The molecule has 1 aliphatic carbocycles. The molecule has 0 aromatic rings. The highest BCUT2D eigenvalue weighted by Crippen LogP contribution is 2.50. The van der Waals surface area contributed by atoms with Gasteiger partial charge in [-0.05, 0) is 36.2 Å². The van der Waals surface area contributed by atoms with Crippen molar-refractivity contribution in [3.63, 3.8) is 0 Å². The van der Waals surface area contributed by atoms with Crippen LogP contribution in [0.5, 0.6) is 0 Å². The van der Waals surface area contributed by atoms with E-state index in [1.54, 1.807) is 11.8 Å². The van der Waals surface area contributed by atoms with Crippen LogP contribution >= 0.6 is 11.8 Å². The van der Waals surface area contributed by atoms with Gasteiger partial charge < -0.3 is 15.7 Å². The van der Waals surface area contributed by atoms with Gasteiger partial charge in [0.1, 0.15) is 6.04 Å². The maximum Gasteiger partial charge on any atom is 0.326 e. The standard InChI is InChI=1S/C12H22N2O3S/c1-12(2)6-8(12)7-13-11(17)14-9(10(15)16)4-5-18-3/h8-9H,4-7H2,1-3H3,(H,15,16)(H2,13,14,17)/t8?,9-/m1/s1. The van der Waals surface area contributed by atoms with Crippen LogP contribution in [0.3, 0.4) is 0 Å². The molecule has 6 heteroatoms. The van der Waals surface area contributed by atoms with Crippen molar-refractivity contribution in [2.75, 3.05) is 18.6 Å². The van der Waals surface area contributed by atoms with Crippen LogP contribution in [0.25, 0.3) is 0 Å². The number of carboxylic acid groups (broad SMARTS) is 1. The number of carbonyl (C=O) groups is 2. The van der Waals surface area contributed by atoms with E-state index in [0.29, 0.717) is 30.1 Å². The third-order valence-corrected chi connectivity index (χ3v) is 4.08. The molecule has 1 rings (SSSR count). The SMILES string of the molecule is CSCC[C@@H](NC(=O)NCC1CC1(C)C)C(=O)O. The quantitative estimate of drug-likeness (QED) is 0.658. The zero-order valence-corrected chi connectivity index (χ0v) is 12.0. The summed E-state index contributed by atoms with van der Waals surface area (Å²) in [6.45, 7) is 4.94. The van der Waals surface area contributed by atoms with E-state index in [2.05, 4.69) is 24.5 Å². The maximum atomic E-state index is 11.6. The molecule has 18 heavy (non-hydrogen) atoms. The number of aliphatic carboxylic acids is 1. The summed E-state index contributed by atoms with van der Waals surface area (Å²) in [5, 5.41) is 14.2. The molecular formula is C12H22N2O3S. The third kappa shape index (κ3) is 4.76. The molecule has 2 atom stereocenters. The van der Waals surface area contributed by atoms with Gasteiger partial charge >= 0.3 is 12.0 Å². The predicted molar refractivity (Wildman–Crippen MR) is 72.8 cm³/mol. The van der Waals surface area contributed by atoms with E-state index in [1.165, 1.54) is 0 Å². The molecule has 2 amide bonds. The average Bonchev–Trinajstić information content (AvgIpc) is 2.89. The molecule has 0 heterocycles. The molecule has 0 aliphatic heterocycles. The number of amides is 2. The molecule has 0 aromatic heterocycles. The molecule has 0 spiro atoms. The lowest BCUT2D eigenvalue weighted by atomic mass is 10.1. The Balaban J connectivity index is 2.26. The Bertz CT molecular complexity index is 320. The first-order chi connectivity index (χ1) is 8.36. The first-order valence-electron chi connectivity index (χ1n) is 6.13. The number of nitrogens with one attached hydrogen (secondary N) is 2. The second kappa shape index (κ2) is 6.31. The van der Waals surface area contributed by atoms with Gasteiger partial charge in [0, 0.05) is 6.54 Å². The van der Waals surface area contributed by atoms with Crippen LogP contribution in [0.4, 0.5) is 4.79 Å². The second-order valence-electron chi connectivity index (χ2n) is 5.42. The fraction of sp³-hybridized carbons (Fsp3) is 0.833. The zero-order chi connectivity index (χ0) is 13.8. The third-order valence-electron chi connectivity index (χ3n) is 3.44. The van der Waals surface area contributed by atoms with E-state index in [1.807, 2.05) is 6.26 Å². The van der Waals surface area contributed by atoms with E-state index in [9.17, 15) is 9.59 Å². The largest absolute Gasteiger partial charge is 0.480 e. The molecular weight excluding hydrogens is 252 g/mol. The highest BCUT2D eigenvalue weighted by molar-refractivity contribution is 7.98. The zero-order valence-electron chi connectivity index (χ0n) is 11.2. The summed E-state index contributed by atoms with van der Waals surface area (Å²) in [5.74, 6) is 0.246. The monoisotopic (exact) mass is 274 g/mol. The van der Waals surface area contributed by atoms with Gasteiger partial charge in [0.05, 0.1) is 0 Å². The first-order valence-corrected chi connectivity index (χ1v) is 7.52. The molecule has 0 radical (unpaired) electrons. The molecule has 5 nitrogen and oxygen atoms in total. The highest BCUT2D eigenvalue weighted by atomic mass is 32.2. The minimum atomic E-state index is -0.981. The summed E-state index contributed by atoms with van der Waals surface area (Å²) in [6.07, 6.45) is 3.47. The Labute approximate surface area is 112 Å². The Morgan fingerprint density at radius 3 is 2.56 bits per heavy atom. The van der Waals surface area contributed by atoms with Crippen LogP contribution in [-0.4, -0.2) is 41.7 Å². The van der Waals surface area contributed by atoms with Gasteiger partial charge in [0.15, 0.2) is 0 Å². The van der Waals surface area contributed by atoms with Gasteiger partial charge in [-0.3, -0.25) is 0 Å². The number of hydrogen-bond donors (Lipinski definition) is 3.